The lowest BCUT2D eigenvalue weighted by Gasteiger charge is -1.96. The molecule has 0 fully saturated rings. The summed E-state index contributed by atoms with van der Waals surface area (Å²) in [5.74, 6) is 8.97. The summed E-state index contributed by atoms with van der Waals surface area (Å²) in [5, 5.41) is 0. The van der Waals surface area contributed by atoms with Gasteiger partial charge in [-0.2, -0.15) is 0 Å². The molecule has 72 valence electrons. The number of benzene rings is 1. The average molecular weight is 434 g/mol. The van der Waals surface area contributed by atoms with Crippen LogP contribution in [0.1, 0.15) is 16.7 Å². The normalized spacial score (nSPS) is 7.40. The van der Waals surface area contributed by atoms with Crippen LogP contribution >= 0.6 is 54.4 Å². The van der Waals surface area contributed by atoms with Crippen LogP contribution in [0.15, 0.2) is 18.2 Å². The van der Waals surface area contributed by atoms with Crippen LogP contribution in [-0.2, 0) is 0 Å². The van der Waals surface area contributed by atoms with Crippen molar-refractivity contribution in [3.05, 3.63) is 34.9 Å². The minimum absolute atomic E-state index is 0.941. The van der Waals surface area contributed by atoms with E-state index < -0.39 is 0 Å². The van der Waals surface area contributed by atoms with Crippen LogP contribution in [0.4, 0.5) is 0 Å². The molecule has 0 saturated carbocycles. The van der Waals surface area contributed by atoms with Crippen LogP contribution in [0.5, 0.6) is 0 Å². The molecular formula is C12H5I2P. The van der Waals surface area contributed by atoms with E-state index in [0.717, 1.165) is 16.7 Å². The van der Waals surface area contributed by atoms with Crippen molar-refractivity contribution in [3.8, 4) is 31.3 Å². The Morgan fingerprint density at radius 3 is 1.53 bits per heavy atom. The SMILES string of the molecule is PC#Cc1cc(C#CI)cc(C#CI)c1. The molecule has 0 spiro atoms. The highest BCUT2D eigenvalue weighted by molar-refractivity contribution is 14.1. The first-order valence-corrected chi connectivity index (χ1v) is 6.63. The Labute approximate surface area is 119 Å². The van der Waals surface area contributed by atoms with Crippen molar-refractivity contribution in [1.82, 2.24) is 0 Å². The van der Waals surface area contributed by atoms with E-state index in [2.05, 4.69) is 40.5 Å². The lowest BCUT2D eigenvalue weighted by atomic mass is 10.1. The Kier molecular flexibility index (Phi) is 6.11. The van der Waals surface area contributed by atoms with Crippen molar-refractivity contribution < 1.29 is 0 Å². The summed E-state index contributed by atoms with van der Waals surface area (Å²) in [6.45, 7) is 0. The van der Waals surface area contributed by atoms with Crippen molar-refractivity contribution in [2.24, 2.45) is 0 Å². The van der Waals surface area contributed by atoms with Gasteiger partial charge in [0.1, 0.15) is 0 Å². The summed E-state index contributed by atoms with van der Waals surface area (Å²) in [6.07, 6.45) is 0. The highest BCUT2D eigenvalue weighted by Gasteiger charge is 1.95. The second-order valence-electron chi connectivity index (χ2n) is 2.51. The molecule has 0 heterocycles. The standard InChI is InChI=1S/C12H5I2P/c13-4-1-10-7-11(2-5-14)9-12(8-10)3-6-15/h7-9H,15H2. The molecular weight excluding hydrogens is 429 g/mol. The Morgan fingerprint density at radius 1 is 0.800 bits per heavy atom. The molecule has 0 amide bonds. The maximum atomic E-state index is 3.00. The van der Waals surface area contributed by atoms with Crippen LogP contribution in [0.3, 0.4) is 0 Å². The van der Waals surface area contributed by atoms with E-state index in [4.69, 9.17) is 0 Å². The zero-order chi connectivity index (χ0) is 11.1. The fourth-order valence-electron chi connectivity index (χ4n) is 1.04. The molecule has 1 atom stereocenters. The van der Waals surface area contributed by atoms with Gasteiger partial charge in [0.15, 0.2) is 0 Å². The van der Waals surface area contributed by atoms with E-state index in [1.807, 2.05) is 63.4 Å². The third-order valence-corrected chi connectivity index (χ3v) is 2.22. The summed E-state index contributed by atoms with van der Waals surface area (Å²) in [4.78, 5) is 0. The largest absolute Gasteiger partial charge is 0.0781 e. The molecule has 0 aliphatic carbocycles. The lowest BCUT2D eigenvalue weighted by Crippen LogP contribution is -1.83. The first kappa shape index (κ1) is 12.9. The van der Waals surface area contributed by atoms with Gasteiger partial charge in [0, 0.05) is 61.9 Å². The molecule has 1 aromatic carbocycles. The molecule has 0 radical (unpaired) electrons. The van der Waals surface area contributed by atoms with E-state index in [1.165, 1.54) is 0 Å². The molecule has 0 aromatic heterocycles. The number of halogens is 2. The number of hydrogen-bond donors (Lipinski definition) is 0. The van der Waals surface area contributed by atoms with Crippen molar-refractivity contribution in [2.75, 3.05) is 0 Å². The first-order valence-electron chi connectivity index (χ1n) is 3.90. The molecule has 1 unspecified atom stereocenters. The Morgan fingerprint density at radius 2 is 1.20 bits per heavy atom. The second kappa shape index (κ2) is 7.13. The van der Waals surface area contributed by atoms with Crippen molar-refractivity contribution in [1.29, 1.82) is 0 Å². The van der Waals surface area contributed by atoms with Crippen LogP contribution in [0.25, 0.3) is 0 Å². The van der Waals surface area contributed by atoms with Gasteiger partial charge in [0.25, 0.3) is 0 Å². The summed E-state index contributed by atoms with van der Waals surface area (Å²) in [7, 11) is 2.38. The van der Waals surface area contributed by atoms with Crippen LogP contribution in [-0.4, -0.2) is 0 Å². The monoisotopic (exact) mass is 434 g/mol. The van der Waals surface area contributed by atoms with E-state index >= 15 is 0 Å². The Hall–Kier alpha value is -0.210. The van der Waals surface area contributed by atoms with E-state index in [-0.39, 0.29) is 0 Å². The first-order chi connectivity index (χ1) is 7.30. The second-order valence-corrected chi connectivity index (χ2v) is 3.87. The topological polar surface area (TPSA) is 0 Å². The highest BCUT2D eigenvalue weighted by Crippen LogP contribution is 2.09. The van der Waals surface area contributed by atoms with Crippen molar-refractivity contribution >= 4 is 54.4 Å². The van der Waals surface area contributed by atoms with E-state index in [9.17, 15) is 0 Å². The molecule has 0 aliphatic rings. The molecule has 1 aromatic rings. The predicted molar refractivity (Wildman–Crippen MR) is 84.8 cm³/mol. The summed E-state index contributed by atoms with van der Waals surface area (Å²) in [6, 6.07) is 5.88. The molecule has 0 bridgehead atoms. The van der Waals surface area contributed by atoms with Crippen molar-refractivity contribution in [2.45, 2.75) is 0 Å². The molecule has 15 heavy (non-hydrogen) atoms. The quantitative estimate of drug-likeness (QED) is 0.334. The Balaban J connectivity index is 3.31. The van der Waals surface area contributed by atoms with Gasteiger partial charge in [-0.3, -0.25) is 0 Å². The smallest absolute Gasteiger partial charge is 0.0278 e. The van der Waals surface area contributed by atoms with Gasteiger partial charge in [-0.05, 0) is 26.1 Å². The van der Waals surface area contributed by atoms with Crippen molar-refractivity contribution in [3.63, 3.8) is 0 Å². The van der Waals surface area contributed by atoms with Gasteiger partial charge in [-0.25, -0.2) is 0 Å². The van der Waals surface area contributed by atoms with Gasteiger partial charge in [0.2, 0.25) is 0 Å². The maximum Gasteiger partial charge on any atom is 0.0278 e. The van der Waals surface area contributed by atoms with Crippen LogP contribution < -0.4 is 0 Å². The molecule has 1 rings (SSSR count). The molecule has 0 N–H and O–H groups in total. The zero-order valence-electron chi connectivity index (χ0n) is 7.57. The van der Waals surface area contributed by atoms with Gasteiger partial charge < -0.3 is 0 Å². The summed E-state index contributed by atoms with van der Waals surface area (Å²) in [5.41, 5.74) is 5.63. The molecule has 0 saturated heterocycles. The van der Waals surface area contributed by atoms with Gasteiger partial charge >= 0.3 is 0 Å². The minimum atomic E-state index is 0.941. The van der Waals surface area contributed by atoms with E-state index in [1.54, 1.807) is 0 Å². The van der Waals surface area contributed by atoms with Crippen LogP contribution in [0.2, 0.25) is 0 Å². The summed E-state index contributed by atoms with van der Waals surface area (Å²) < 4.78 is 5.68. The third kappa shape index (κ3) is 4.43. The molecule has 0 nitrogen and oxygen atoms in total. The van der Waals surface area contributed by atoms with E-state index in [0.29, 0.717) is 0 Å². The molecule has 0 aliphatic heterocycles. The number of hydrogen-bond acceptors (Lipinski definition) is 0. The van der Waals surface area contributed by atoms with Gasteiger partial charge in [-0.15, -0.1) is 0 Å². The predicted octanol–water partition coefficient (Wildman–Crippen LogP) is 3.36. The Bertz CT molecular complexity index is 449. The van der Waals surface area contributed by atoms with Gasteiger partial charge in [0.05, 0.1) is 0 Å². The number of rotatable bonds is 0. The third-order valence-electron chi connectivity index (χ3n) is 1.53. The summed E-state index contributed by atoms with van der Waals surface area (Å²) >= 11 is 4.04. The lowest BCUT2D eigenvalue weighted by molar-refractivity contribution is 1.56. The van der Waals surface area contributed by atoms with Gasteiger partial charge in [-0.1, -0.05) is 32.7 Å². The molecule has 3 heteroatoms. The maximum absolute atomic E-state index is 3.00. The fourth-order valence-corrected chi connectivity index (χ4v) is 1.83. The highest BCUT2D eigenvalue weighted by atomic mass is 127. The zero-order valence-corrected chi connectivity index (χ0v) is 13.0. The van der Waals surface area contributed by atoms with Crippen LogP contribution in [0, 0.1) is 31.3 Å². The minimum Gasteiger partial charge on any atom is -0.0781 e. The fraction of sp³-hybridized carbons (Fsp3) is 0. The average Bonchev–Trinajstić information content (AvgIpc) is 2.19.